The minimum atomic E-state index is -0.465. The van der Waals surface area contributed by atoms with Crippen molar-refractivity contribution < 1.29 is 19.2 Å². The summed E-state index contributed by atoms with van der Waals surface area (Å²) in [7, 11) is 0. The number of anilines is 1. The highest BCUT2D eigenvalue weighted by Crippen LogP contribution is 2.39. The Morgan fingerprint density at radius 1 is 1.13 bits per heavy atom. The quantitative estimate of drug-likeness (QED) is 0.595. The van der Waals surface area contributed by atoms with E-state index in [0.29, 0.717) is 22.9 Å². The molecule has 2 saturated carbocycles. The number of nitrogens with one attached hydrogen (secondary N) is 2. The molecule has 30 heavy (non-hydrogen) atoms. The highest BCUT2D eigenvalue weighted by molar-refractivity contribution is 6.02. The van der Waals surface area contributed by atoms with Gasteiger partial charge in [0.1, 0.15) is 5.75 Å². The minimum absolute atomic E-state index is 0.0437. The number of hydrogen-bond donors (Lipinski definition) is 3. The number of hydrogen-bond acceptors (Lipinski definition) is 6. The number of amides is 2. The Balaban J connectivity index is 1.41. The predicted molar refractivity (Wildman–Crippen MR) is 107 cm³/mol. The molecule has 0 radical (unpaired) electrons. The molecule has 5 rings (SSSR count). The van der Waals surface area contributed by atoms with Gasteiger partial charge in [-0.3, -0.25) is 4.79 Å². The van der Waals surface area contributed by atoms with Gasteiger partial charge in [-0.25, -0.2) is 4.79 Å². The Kier molecular flexibility index (Phi) is 4.50. The molecule has 0 aliphatic heterocycles. The largest absolute Gasteiger partial charge is 0.507 e. The molecule has 2 aliphatic carbocycles. The maximum Gasteiger partial charge on any atom is 0.342 e. The van der Waals surface area contributed by atoms with Crippen LogP contribution in [0.2, 0.25) is 0 Å². The van der Waals surface area contributed by atoms with Crippen molar-refractivity contribution in [1.82, 2.24) is 20.3 Å². The molecule has 2 aliphatic rings. The van der Waals surface area contributed by atoms with Gasteiger partial charge in [0, 0.05) is 35.3 Å². The number of phenols is 1. The average Bonchev–Trinajstić information content (AvgIpc) is 3.16. The first-order chi connectivity index (χ1) is 14.6. The van der Waals surface area contributed by atoms with E-state index in [9.17, 15) is 14.7 Å². The van der Waals surface area contributed by atoms with Crippen molar-refractivity contribution in [2.75, 3.05) is 5.32 Å². The highest BCUT2D eigenvalue weighted by atomic mass is 16.5. The zero-order valence-corrected chi connectivity index (χ0v) is 16.2. The van der Waals surface area contributed by atoms with E-state index in [1.54, 1.807) is 12.1 Å². The molecule has 154 valence electrons. The number of carbonyl (C=O) groups excluding carboxylic acids is 2. The van der Waals surface area contributed by atoms with Crippen LogP contribution in [0, 0.1) is 0 Å². The van der Waals surface area contributed by atoms with Gasteiger partial charge in [-0.05, 0) is 43.9 Å². The Labute approximate surface area is 172 Å². The standard InChI is InChI=1S/C21H21N5O4/c27-18-10-14(23-20(28)19-8-9-22-30-19)6-7-15(18)16-11-17(12-2-1-3-12)26(25-16)21(29)24-13-4-5-13/h6-13,27H,1-5H2,(H,23,28)(H,24,29). The van der Waals surface area contributed by atoms with Crippen molar-refractivity contribution >= 4 is 17.6 Å². The number of aromatic nitrogens is 3. The molecule has 3 aromatic rings. The number of benzene rings is 1. The maximum atomic E-state index is 12.6. The predicted octanol–water partition coefficient (Wildman–Crippen LogP) is 3.48. The van der Waals surface area contributed by atoms with Crippen molar-refractivity contribution in [3.63, 3.8) is 0 Å². The lowest BCUT2D eigenvalue weighted by Crippen LogP contribution is -2.33. The number of aromatic hydroxyl groups is 1. The third kappa shape index (κ3) is 3.54. The molecule has 1 aromatic carbocycles. The van der Waals surface area contributed by atoms with E-state index >= 15 is 0 Å². The number of phenolic OH excluding ortho intramolecular Hbond substituents is 1. The van der Waals surface area contributed by atoms with E-state index in [4.69, 9.17) is 4.52 Å². The summed E-state index contributed by atoms with van der Waals surface area (Å²) in [6.45, 7) is 0. The van der Waals surface area contributed by atoms with Gasteiger partial charge >= 0.3 is 6.03 Å². The summed E-state index contributed by atoms with van der Waals surface area (Å²) in [5.74, 6) is -0.131. The molecule has 3 N–H and O–H groups in total. The van der Waals surface area contributed by atoms with Crippen molar-refractivity contribution in [2.24, 2.45) is 0 Å². The lowest BCUT2D eigenvalue weighted by Gasteiger charge is -2.25. The molecule has 0 bridgehead atoms. The van der Waals surface area contributed by atoms with E-state index in [0.717, 1.165) is 37.8 Å². The summed E-state index contributed by atoms with van der Waals surface area (Å²) in [4.78, 5) is 24.7. The van der Waals surface area contributed by atoms with Gasteiger partial charge in [0.05, 0.1) is 17.6 Å². The third-order valence-electron chi connectivity index (χ3n) is 5.55. The smallest absolute Gasteiger partial charge is 0.342 e. The normalized spacial score (nSPS) is 16.1. The van der Waals surface area contributed by atoms with E-state index in [-0.39, 0.29) is 23.6 Å². The number of nitrogens with zero attached hydrogens (tertiary/aromatic N) is 3. The van der Waals surface area contributed by atoms with Gasteiger partial charge in [0.25, 0.3) is 5.91 Å². The summed E-state index contributed by atoms with van der Waals surface area (Å²) < 4.78 is 6.27. The molecule has 2 heterocycles. The molecule has 2 amide bonds. The fraction of sp³-hybridized carbons (Fsp3) is 0.333. The molecule has 2 aromatic heterocycles. The average molecular weight is 407 g/mol. The van der Waals surface area contributed by atoms with Crippen molar-refractivity contribution in [1.29, 1.82) is 0 Å². The summed E-state index contributed by atoms with van der Waals surface area (Å²) in [6.07, 6.45) is 6.58. The Bertz CT molecular complexity index is 1100. The van der Waals surface area contributed by atoms with Crippen LogP contribution < -0.4 is 10.6 Å². The van der Waals surface area contributed by atoms with E-state index in [2.05, 4.69) is 20.9 Å². The molecule has 0 unspecified atom stereocenters. The minimum Gasteiger partial charge on any atom is -0.507 e. The van der Waals surface area contributed by atoms with Gasteiger partial charge in [0.15, 0.2) is 0 Å². The van der Waals surface area contributed by atoms with Crippen LogP contribution in [0.3, 0.4) is 0 Å². The first-order valence-corrected chi connectivity index (χ1v) is 10.0. The molecular formula is C21H21N5O4. The second-order valence-corrected chi connectivity index (χ2v) is 7.78. The Hall–Kier alpha value is -3.62. The Morgan fingerprint density at radius 2 is 1.97 bits per heavy atom. The van der Waals surface area contributed by atoms with Crippen LogP contribution in [-0.2, 0) is 0 Å². The van der Waals surface area contributed by atoms with Crippen LogP contribution in [0.4, 0.5) is 10.5 Å². The van der Waals surface area contributed by atoms with Gasteiger partial charge < -0.3 is 20.3 Å². The highest BCUT2D eigenvalue weighted by Gasteiger charge is 2.30. The lowest BCUT2D eigenvalue weighted by molar-refractivity contribution is 0.0988. The van der Waals surface area contributed by atoms with Crippen LogP contribution in [0.15, 0.2) is 41.1 Å². The van der Waals surface area contributed by atoms with Gasteiger partial charge in [-0.1, -0.05) is 11.6 Å². The van der Waals surface area contributed by atoms with Crippen LogP contribution in [0.5, 0.6) is 5.75 Å². The monoisotopic (exact) mass is 407 g/mol. The zero-order valence-electron chi connectivity index (χ0n) is 16.2. The van der Waals surface area contributed by atoms with E-state index in [1.807, 2.05) is 6.07 Å². The van der Waals surface area contributed by atoms with Gasteiger partial charge in [-0.2, -0.15) is 9.78 Å². The van der Waals surface area contributed by atoms with Crippen molar-refractivity contribution in [3.8, 4) is 17.0 Å². The van der Waals surface area contributed by atoms with E-state index in [1.165, 1.54) is 23.0 Å². The molecule has 0 atom stereocenters. The summed E-state index contributed by atoms with van der Waals surface area (Å²) >= 11 is 0. The van der Waals surface area contributed by atoms with E-state index < -0.39 is 5.91 Å². The molecule has 0 spiro atoms. The molecular weight excluding hydrogens is 386 g/mol. The summed E-state index contributed by atoms with van der Waals surface area (Å²) in [5.41, 5.74) is 2.29. The molecule has 9 nitrogen and oxygen atoms in total. The van der Waals surface area contributed by atoms with Gasteiger partial charge in [0.2, 0.25) is 5.76 Å². The number of rotatable bonds is 5. The SMILES string of the molecule is O=C(Nc1ccc(-c2cc(C3CCC3)n(C(=O)NC3CC3)n2)c(O)c1)c1ccno1. The molecule has 2 fully saturated rings. The lowest BCUT2D eigenvalue weighted by atomic mass is 9.82. The first-order valence-electron chi connectivity index (χ1n) is 10.0. The van der Waals surface area contributed by atoms with Gasteiger partial charge in [-0.15, -0.1) is 0 Å². The second-order valence-electron chi connectivity index (χ2n) is 7.78. The van der Waals surface area contributed by atoms with Crippen LogP contribution >= 0.6 is 0 Å². The van der Waals surface area contributed by atoms with Crippen LogP contribution in [0.25, 0.3) is 11.3 Å². The Morgan fingerprint density at radius 3 is 2.60 bits per heavy atom. The molecule has 9 heteroatoms. The fourth-order valence-electron chi connectivity index (χ4n) is 3.50. The third-order valence-corrected chi connectivity index (χ3v) is 5.55. The number of carbonyl (C=O) groups is 2. The summed E-state index contributed by atoms with van der Waals surface area (Å²) in [5, 5.41) is 24.2. The maximum absolute atomic E-state index is 12.6. The van der Waals surface area contributed by atoms with Crippen LogP contribution in [-0.4, -0.2) is 38.0 Å². The van der Waals surface area contributed by atoms with Crippen molar-refractivity contribution in [3.05, 3.63) is 48.0 Å². The molecule has 0 saturated heterocycles. The van der Waals surface area contributed by atoms with Crippen molar-refractivity contribution in [2.45, 2.75) is 44.1 Å². The topological polar surface area (TPSA) is 122 Å². The van der Waals surface area contributed by atoms with Crippen LogP contribution in [0.1, 0.15) is 54.3 Å². The first kappa shape index (κ1) is 18.4. The fourth-order valence-corrected chi connectivity index (χ4v) is 3.50. The summed E-state index contributed by atoms with van der Waals surface area (Å²) in [6, 6.07) is 8.11. The second kappa shape index (κ2) is 7.33. The zero-order chi connectivity index (χ0) is 20.7.